The molecule has 0 saturated heterocycles. The van der Waals surface area contributed by atoms with E-state index in [0.717, 1.165) is 0 Å². The fourth-order valence-electron chi connectivity index (χ4n) is 1.42. The highest BCUT2D eigenvalue weighted by molar-refractivity contribution is 5.22. The Bertz CT molecular complexity index is 180. The molecule has 1 heterocycles. The normalized spacial score (nSPS) is 14.7. The predicted octanol–water partition coefficient (Wildman–Crippen LogP) is 3.18. The third-order valence-corrected chi connectivity index (χ3v) is 1.98. The summed E-state index contributed by atoms with van der Waals surface area (Å²) in [5, 5.41) is 0. The maximum Gasteiger partial charge on any atom is 0.0937 e. The summed E-state index contributed by atoms with van der Waals surface area (Å²) in [4.78, 5) is 0. The zero-order valence-electron chi connectivity index (χ0n) is 7.39. The largest absolute Gasteiger partial charge is 0.472 e. The van der Waals surface area contributed by atoms with Gasteiger partial charge in [0, 0.05) is 0 Å². The third kappa shape index (κ3) is 1.86. The molecular weight excluding hydrogens is 136 g/mol. The van der Waals surface area contributed by atoms with Gasteiger partial charge in [0.2, 0.25) is 0 Å². The molecule has 0 spiro atoms. The van der Waals surface area contributed by atoms with Crippen molar-refractivity contribution in [1.29, 1.82) is 0 Å². The van der Waals surface area contributed by atoms with E-state index in [0.29, 0.717) is 0 Å². The summed E-state index contributed by atoms with van der Waals surface area (Å²) in [6.45, 7) is 4.00. The van der Waals surface area contributed by atoms with E-state index in [1.165, 1.54) is 36.8 Å². The number of aryl methyl sites for hydroxylation is 2. The molecule has 11 heavy (non-hydrogen) atoms. The minimum absolute atomic E-state index is 1.23. The van der Waals surface area contributed by atoms with Crippen LogP contribution in [0.1, 0.15) is 37.8 Å². The van der Waals surface area contributed by atoms with Crippen molar-refractivity contribution in [3.63, 3.8) is 0 Å². The summed E-state index contributed by atoms with van der Waals surface area (Å²) in [7, 11) is 0. The molecule has 1 aliphatic rings. The number of hydrogen-bond acceptors (Lipinski definition) is 1. The molecule has 1 aliphatic carbocycles. The van der Waals surface area contributed by atoms with Gasteiger partial charge in [0.05, 0.1) is 12.5 Å². The molecule has 0 aromatic carbocycles. The Labute approximate surface area is 68.4 Å². The summed E-state index contributed by atoms with van der Waals surface area (Å²) < 4.78 is 5.07. The second-order valence-corrected chi connectivity index (χ2v) is 2.63. The van der Waals surface area contributed by atoms with E-state index in [1.54, 1.807) is 0 Å². The topological polar surface area (TPSA) is 13.1 Å². The molecule has 0 N–H and O–H groups in total. The zero-order chi connectivity index (χ0) is 8.10. The fraction of sp³-hybridized carbons (Fsp3) is 0.600. The Kier molecular flexibility index (Phi) is 3.21. The van der Waals surface area contributed by atoms with Crippen molar-refractivity contribution in [2.75, 3.05) is 0 Å². The standard InChI is InChI=1S/C8H10O.C2H6/c1-2-4-8-6-9-5-7(8)3-1;1-2/h5-6H,1-4H2;1-2H3. The van der Waals surface area contributed by atoms with Gasteiger partial charge in [-0.05, 0) is 36.8 Å². The first-order valence-corrected chi connectivity index (χ1v) is 4.51. The first kappa shape index (κ1) is 8.38. The summed E-state index contributed by atoms with van der Waals surface area (Å²) >= 11 is 0. The molecule has 0 radical (unpaired) electrons. The van der Waals surface area contributed by atoms with Gasteiger partial charge in [-0.3, -0.25) is 0 Å². The monoisotopic (exact) mass is 152 g/mol. The lowest BCUT2D eigenvalue weighted by Crippen LogP contribution is -1.97. The van der Waals surface area contributed by atoms with Crippen LogP contribution in [0.3, 0.4) is 0 Å². The van der Waals surface area contributed by atoms with Crippen LogP contribution < -0.4 is 0 Å². The molecule has 0 saturated carbocycles. The van der Waals surface area contributed by atoms with Gasteiger partial charge in [-0.2, -0.15) is 0 Å². The van der Waals surface area contributed by atoms with E-state index in [1.807, 2.05) is 26.4 Å². The highest BCUT2D eigenvalue weighted by atomic mass is 16.3. The van der Waals surface area contributed by atoms with Gasteiger partial charge in [0.15, 0.2) is 0 Å². The smallest absolute Gasteiger partial charge is 0.0937 e. The first-order chi connectivity index (χ1) is 5.47. The molecule has 1 aromatic heterocycles. The van der Waals surface area contributed by atoms with Crippen LogP contribution >= 0.6 is 0 Å². The van der Waals surface area contributed by atoms with Crippen LogP contribution in [-0.4, -0.2) is 0 Å². The maximum atomic E-state index is 5.07. The zero-order valence-corrected chi connectivity index (χ0v) is 7.39. The van der Waals surface area contributed by atoms with Crippen molar-refractivity contribution in [3.05, 3.63) is 23.7 Å². The highest BCUT2D eigenvalue weighted by Gasteiger charge is 2.09. The van der Waals surface area contributed by atoms with Gasteiger partial charge < -0.3 is 4.42 Å². The van der Waals surface area contributed by atoms with Gasteiger partial charge in [-0.25, -0.2) is 0 Å². The van der Waals surface area contributed by atoms with Crippen LogP contribution in [-0.2, 0) is 12.8 Å². The second-order valence-electron chi connectivity index (χ2n) is 2.63. The van der Waals surface area contributed by atoms with Crippen molar-refractivity contribution in [1.82, 2.24) is 0 Å². The molecule has 0 unspecified atom stereocenters. The Morgan fingerprint density at radius 3 is 1.91 bits per heavy atom. The molecule has 0 atom stereocenters. The first-order valence-electron chi connectivity index (χ1n) is 4.51. The van der Waals surface area contributed by atoms with Gasteiger partial charge in [0.25, 0.3) is 0 Å². The molecule has 1 aromatic rings. The Balaban J connectivity index is 0.000000281. The van der Waals surface area contributed by atoms with E-state index in [2.05, 4.69) is 0 Å². The van der Waals surface area contributed by atoms with Crippen molar-refractivity contribution in [3.8, 4) is 0 Å². The molecule has 0 fully saturated rings. The Hall–Kier alpha value is -0.720. The van der Waals surface area contributed by atoms with E-state index in [4.69, 9.17) is 4.42 Å². The molecule has 2 rings (SSSR count). The molecule has 0 aliphatic heterocycles. The molecule has 62 valence electrons. The fourth-order valence-corrected chi connectivity index (χ4v) is 1.42. The van der Waals surface area contributed by atoms with E-state index in [-0.39, 0.29) is 0 Å². The summed E-state index contributed by atoms with van der Waals surface area (Å²) in [5.41, 5.74) is 2.86. The summed E-state index contributed by atoms with van der Waals surface area (Å²) in [5.74, 6) is 0. The highest BCUT2D eigenvalue weighted by Crippen LogP contribution is 2.20. The minimum atomic E-state index is 1.23. The Morgan fingerprint density at radius 2 is 1.45 bits per heavy atom. The summed E-state index contributed by atoms with van der Waals surface area (Å²) in [6, 6.07) is 0. The minimum Gasteiger partial charge on any atom is -0.472 e. The lowest BCUT2D eigenvalue weighted by Gasteiger charge is -2.07. The molecular formula is C10H16O. The van der Waals surface area contributed by atoms with Gasteiger partial charge in [-0.15, -0.1) is 0 Å². The van der Waals surface area contributed by atoms with Crippen molar-refractivity contribution >= 4 is 0 Å². The van der Waals surface area contributed by atoms with Crippen LogP contribution in [0.5, 0.6) is 0 Å². The van der Waals surface area contributed by atoms with Gasteiger partial charge >= 0.3 is 0 Å². The number of rotatable bonds is 0. The summed E-state index contributed by atoms with van der Waals surface area (Å²) in [6.07, 6.45) is 8.90. The SMILES string of the molecule is CC.c1occ2c1CCCC2. The second kappa shape index (κ2) is 4.22. The van der Waals surface area contributed by atoms with Crippen molar-refractivity contribution < 1.29 is 4.42 Å². The average molecular weight is 152 g/mol. The van der Waals surface area contributed by atoms with Gasteiger partial charge in [0.1, 0.15) is 0 Å². The quantitative estimate of drug-likeness (QED) is 0.556. The van der Waals surface area contributed by atoms with Gasteiger partial charge in [-0.1, -0.05) is 13.8 Å². The molecule has 1 heteroatoms. The predicted molar refractivity (Wildman–Crippen MR) is 46.7 cm³/mol. The lowest BCUT2D eigenvalue weighted by atomic mass is 9.96. The van der Waals surface area contributed by atoms with E-state index in [9.17, 15) is 0 Å². The van der Waals surface area contributed by atoms with Crippen molar-refractivity contribution in [2.24, 2.45) is 0 Å². The number of furan rings is 1. The average Bonchev–Trinajstić information content (AvgIpc) is 2.55. The van der Waals surface area contributed by atoms with E-state index >= 15 is 0 Å². The molecule has 0 amide bonds. The van der Waals surface area contributed by atoms with Crippen LogP contribution in [0.15, 0.2) is 16.9 Å². The van der Waals surface area contributed by atoms with Crippen molar-refractivity contribution in [2.45, 2.75) is 39.5 Å². The van der Waals surface area contributed by atoms with Crippen LogP contribution in [0.4, 0.5) is 0 Å². The third-order valence-electron chi connectivity index (χ3n) is 1.98. The van der Waals surface area contributed by atoms with Crippen LogP contribution in [0.2, 0.25) is 0 Å². The van der Waals surface area contributed by atoms with E-state index < -0.39 is 0 Å². The molecule has 1 nitrogen and oxygen atoms in total. The maximum absolute atomic E-state index is 5.07. The number of hydrogen-bond donors (Lipinski definition) is 0. The molecule has 0 bridgehead atoms. The van der Waals surface area contributed by atoms with Crippen LogP contribution in [0, 0.1) is 0 Å². The lowest BCUT2D eigenvalue weighted by molar-refractivity contribution is 0.563. The number of fused-ring (bicyclic) bond motifs is 1. The van der Waals surface area contributed by atoms with Crippen LogP contribution in [0.25, 0.3) is 0 Å². The Morgan fingerprint density at radius 1 is 1.00 bits per heavy atom.